The summed E-state index contributed by atoms with van der Waals surface area (Å²) in [5, 5.41) is 13.1. The Morgan fingerprint density at radius 1 is 1.47 bits per heavy atom. The highest BCUT2D eigenvalue weighted by molar-refractivity contribution is 5.94. The van der Waals surface area contributed by atoms with E-state index in [-0.39, 0.29) is 11.4 Å². The average molecular weight is 233 g/mol. The third kappa shape index (κ3) is 1.94. The minimum atomic E-state index is -1.13. The molecule has 0 aliphatic rings. The van der Waals surface area contributed by atoms with Crippen LogP contribution in [0.4, 0.5) is 5.82 Å². The van der Waals surface area contributed by atoms with Crippen molar-refractivity contribution in [2.75, 3.05) is 5.73 Å². The summed E-state index contributed by atoms with van der Waals surface area (Å²) in [5.74, 6) is -0.858. The van der Waals surface area contributed by atoms with E-state index in [1.807, 2.05) is 0 Å². The van der Waals surface area contributed by atoms with Gasteiger partial charge in [0.15, 0.2) is 5.82 Å². The number of carboxylic acids is 1. The van der Waals surface area contributed by atoms with Crippen molar-refractivity contribution < 1.29 is 9.90 Å². The molecule has 2 aromatic heterocycles. The molecule has 0 amide bonds. The van der Waals surface area contributed by atoms with E-state index in [4.69, 9.17) is 10.8 Å². The first kappa shape index (κ1) is 11.1. The molecular formula is C10H11N5O2. The molecule has 7 nitrogen and oxygen atoms in total. The summed E-state index contributed by atoms with van der Waals surface area (Å²) in [7, 11) is 1.77. The standard InChI is InChI=1S/C10H11N5O2/c1-5-7(10(16)17)8(11)13-9(12-5)6-3-4-15(2)14-6/h3-4H,1-2H3,(H,16,17)(H2,11,12,13). The highest BCUT2D eigenvalue weighted by atomic mass is 16.4. The van der Waals surface area contributed by atoms with Crippen LogP contribution in [0.2, 0.25) is 0 Å². The maximum Gasteiger partial charge on any atom is 0.341 e. The third-order valence-corrected chi connectivity index (χ3v) is 2.27. The molecule has 88 valence electrons. The van der Waals surface area contributed by atoms with Crippen LogP contribution in [-0.4, -0.2) is 30.8 Å². The molecular weight excluding hydrogens is 222 g/mol. The van der Waals surface area contributed by atoms with Crippen LogP contribution in [0.3, 0.4) is 0 Å². The maximum atomic E-state index is 10.9. The molecule has 0 aliphatic heterocycles. The number of carbonyl (C=O) groups is 1. The molecule has 0 bridgehead atoms. The molecule has 0 saturated heterocycles. The summed E-state index contributed by atoms with van der Waals surface area (Å²) >= 11 is 0. The molecule has 0 spiro atoms. The van der Waals surface area contributed by atoms with E-state index < -0.39 is 5.97 Å². The van der Waals surface area contributed by atoms with Crippen molar-refractivity contribution in [3.63, 3.8) is 0 Å². The molecule has 0 saturated carbocycles. The fraction of sp³-hybridized carbons (Fsp3) is 0.200. The summed E-state index contributed by atoms with van der Waals surface area (Å²) in [6, 6.07) is 1.73. The average Bonchev–Trinajstić information content (AvgIpc) is 2.63. The van der Waals surface area contributed by atoms with Gasteiger partial charge in [0.1, 0.15) is 17.1 Å². The van der Waals surface area contributed by atoms with E-state index in [1.165, 1.54) is 0 Å². The number of hydrogen-bond acceptors (Lipinski definition) is 5. The highest BCUT2D eigenvalue weighted by Crippen LogP contribution is 2.18. The molecule has 2 aromatic rings. The van der Waals surface area contributed by atoms with Crippen LogP contribution in [0.5, 0.6) is 0 Å². The SMILES string of the molecule is Cc1nc(-c2ccn(C)n2)nc(N)c1C(=O)O. The summed E-state index contributed by atoms with van der Waals surface area (Å²) in [5.41, 5.74) is 6.42. The van der Waals surface area contributed by atoms with E-state index in [0.717, 1.165) is 0 Å². The zero-order valence-corrected chi connectivity index (χ0v) is 9.38. The van der Waals surface area contributed by atoms with E-state index >= 15 is 0 Å². The van der Waals surface area contributed by atoms with Gasteiger partial charge in [0.05, 0.1) is 5.69 Å². The summed E-state index contributed by atoms with van der Waals surface area (Å²) in [4.78, 5) is 19.0. The van der Waals surface area contributed by atoms with Crippen LogP contribution in [-0.2, 0) is 7.05 Å². The molecule has 0 aromatic carbocycles. The van der Waals surface area contributed by atoms with Crippen molar-refractivity contribution in [2.24, 2.45) is 7.05 Å². The lowest BCUT2D eigenvalue weighted by atomic mass is 10.2. The summed E-state index contributed by atoms with van der Waals surface area (Å²) < 4.78 is 1.61. The molecule has 17 heavy (non-hydrogen) atoms. The minimum Gasteiger partial charge on any atom is -0.477 e. The van der Waals surface area contributed by atoms with Crippen LogP contribution in [0.1, 0.15) is 16.1 Å². The fourth-order valence-electron chi connectivity index (χ4n) is 1.51. The normalized spacial score (nSPS) is 10.5. The number of carboxylic acid groups (broad SMARTS) is 1. The summed E-state index contributed by atoms with van der Waals surface area (Å²) in [6.45, 7) is 1.58. The second kappa shape index (κ2) is 3.85. The molecule has 0 aliphatic carbocycles. The van der Waals surface area contributed by atoms with Crippen molar-refractivity contribution in [1.82, 2.24) is 19.7 Å². The van der Waals surface area contributed by atoms with Gasteiger partial charge in [0.2, 0.25) is 0 Å². The number of aromatic nitrogens is 4. The van der Waals surface area contributed by atoms with Crippen LogP contribution in [0.25, 0.3) is 11.5 Å². The Kier molecular flexibility index (Phi) is 2.51. The molecule has 2 heterocycles. The van der Waals surface area contributed by atoms with E-state index in [1.54, 1.807) is 30.9 Å². The van der Waals surface area contributed by atoms with Crippen molar-refractivity contribution >= 4 is 11.8 Å². The van der Waals surface area contributed by atoms with Crippen molar-refractivity contribution in [3.8, 4) is 11.5 Å². The Morgan fingerprint density at radius 2 is 2.18 bits per heavy atom. The Bertz CT molecular complexity index is 567. The van der Waals surface area contributed by atoms with E-state index in [9.17, 15) is 4.79 Å². The Balaban J connectivity index is 2.56. The van der Waals surface area contributed by atoms with Gasteiger partial charge in [0.25, 0.3) is 0 Å². The second-order valence-corrected chi connectivity index (χ2v) is 3.57. The Morgan fingerprint density at radius 3 is 2.65 bits per heavy atom. The molecule has 0 fully saturated rings. The lowest BCUT2D eigenvalue weighted by molar-refractivity contribution is 0.0696. The Labute approximate surface area is 96.9 Å². The van der Waals surface area contributed by atoms with Crippen molar-refractivity contribution in [3.05, 3.63) is 23.5 Å². The van der Waals surface area contributed by atoms with Crippen LogP contribution < -0.4 is 5.73 Å². The summed E-state index contributed by atoms with van der Waals surface area (Å²) in [6.07, 6.45) is 1.75. The van der Waals surface area contributed by atoms with Gasteiger partial charge < -0.3 is 10.8 Å². The lowest BCUT2D eigenvalue weighted by Crippen LogP contribution is -2.10. The number of anilines is 1. The minimum absolute atomic E-state index is 0.0503. The zero-order chi connectivity index (χ0) is 12.6. The molecule has 0 radical (unpaired) electrons. The number of nitrogens with two attached hydrogens (primary N) is 1. The van der Waals surface area contributed by atoms with E-state index in [0.29, 0.717) is 17.2 Å². The maximum absolute atomic E-state index is 10.9. The van der Waals surface area contributed by atoms with Crippen molar-refractivity contribution in [1.29, 1.82) is 0 Å². The molecule has 3 N–H and O–H groups in total. The van der Waals surface area contributed by atoms with Crippen LogP contribution in [0.15, 0.2) is 12.3 Å². The van der Waals surface area contributed by atoms with Gasteiger partial charge in [-0.25, -0.2) is 14.8 Å². The van der Waals surface area contributed by atoms with Gasteiger partial charge in [-0.05, 0) is 13.0 Å². The highest BCUT2D eigenvalue weighted by Gasteiger charge is 2.17. The lowest BCUT2D eigenvalue weighted by Gasteiger charge is -2.05. The monoisotopic (exact) mass is 233 g/mol. The first-order chi connectivity index (χ1) is 7.99. The van der Waals surface area contributed by atoms with Gasteiger partial charge in [-0.2, -0.15) is 5.10 Å². The van der Waals surface area contributed by atoms with Gasteiger partial charge >= 0.3 is 5.97 Å². The predicted molar refractivity (Wildman–Crippen MR) is 60.3 cm³/mol. The van der Waals surface area contributed by atoms with Crippen LogP contribution in [0, 0.1) is 6.92 Å². The topological polar surface area (TPSA) is 107 Å². The van der Waals surface area contributed by atoms with Crippen LogP contribution >= 0.6 is 0 Å². The molecule has 0 atom stereocenters. The van der Waals surface area contributed by atoms with Gasteiger partial charge in [-0.15, -0.1) is 0 Å². The number of aryl methyl sites for hydroxylation is 2. The largest absolute Gasteiger partial charge is 0.477 e. The predicted octanol–water partition coefficient (Wildman–Crippen LogP) is 0.466. The van der Waals surface area contributed by atoms with Crippen molar-refractivity contribution in [2.45, 2.75) is 6.92 Å². The number of hydrogen-bond donors (Lipinski definition) is 2. The smallest absolute Gasteiger partial charge is 0.341 e. The molecule has 2 rings (SSSR count). The second-order valence-electron chi connectivity index (χ2n) is 3.57. The zero-order valence-electron chi connectivity index (χ0n) is 9.38. The quantitative estimate of drug-likeness (QED) is 0.780. The number of rotatable bonds is 2. The van der Waals surface area contributed by atoms with Gasteiger partial charge in [-0.1, -0.05) is 0 Å². The van der Waals surface area contributed by atoms with Gasteiger partial charge in [0, 0.05) is 13.2 Å². The number of nitrogens with zero attached hydrogens (tertiary/aromatic N) is 4. The van der Waals surface area contributed by atoms with E-state index in [2.05, 4.69) is 15.1 Å². The first-order valence-corrected chi connectivity index (χ1v) is 4.86. The molecule has 0 unspecified atom stereocenters. The van der Waals surface area contributed by atoms with Gasteiger partial charge in [-0.3, -0.25) is 4.68 Å². The molecule has 7 heteroatoms. The third-order valence-electron chi connectivity index (χ3n) is 2.27. The first-order valence-electron chi connectivity index (χ1n) is 4.86. The fourth-order valence-corrected chi connectivity index (χ4v) is 1.51. The number of nitrogen functional groups attached to an aromatic ring is 1. The number of aromatic carboxylic acids is 1. The Hall–Kier alpha value is -2.44.